The van der Waals surface area contributed by atoms with Crippen molar-refractivity contribution < 1.29 is 4.74 Å². The topological polar surface area (TPSA) is 21.3 Å². The van der Waals surface area contributed by atoms with E-state index in [1.54, 1.807) is 12.1 Å². The summed E-state index contributed by atoms with van der Waals surface area (Å²) >= 11 is 18.3. The van der Waals surface area contributed by atoms with Gasteiger partial charge in [-0.1, -0.05) is 59.1 Å². The van der Waals surface area contributed by atoms with Gasteiger partial charge in [0.2, 0.25) is 0 Å². The minimum atomic E-state index is 0.389. The van der Waals surface area contributed by atoms with Crippen molar-refractivity contribution in [1.29, 1.82) is 0 Å². The van der Waals surface area contributed by atoms with E-state index in [1.807, 2.05) is 49.4 Å². The first kappa shape index (κ1) is 18.9. The fourth-order valence-corrected chi connectivity index (χ4v) is 3.18. The minimum Gasteiger partial charge on any atom is -0.489 e. The molecule has 0 bridgehead atoms. The summed E-state index contributed by atoms with van der Waals surface area (Å²) < 4.78 is 5.87. The lowest BCUT2D eigenvalue weighted by molar-refractivity contribution is 0.306. The maximum absolute atomic E-state index is 6.19. The fourth-order valence-electron chi connectivity index (χ4n) is 2.54. The van der Waals surface area contributed by atoms with E-state index in [-0.39, 0.29) is 0 Å². The van der Waals surface area contributed by atoms with Gasteiger partial charge >= 0.3 is 0 Å². The van der Waals surface area contributed by atoms with Gasteiger partial charge in [0.25, 0.3) is 0 Å². The van der Waals surface area contributed by atoms with Crippen LogP contribution in [0.25, 0.3) is 0 Å². The Morgan fingerprint density at radius 2 is 1.69 bits per heavy atom. The molecule has 0 aromatic heterocycles. The van der Waals surface area contributed by atoms with Gasteiger partial charge in [0, 0.05) is 32.9 Å². The molecule has 0 saturated heterocycles. The van der Waals surface area contributed by atoms with Crippen molar-refractivity contribution in [3.05, 3.63) is 92.4 Å². The summed E-state index contributed by atoms with van der Waals surface area (Å²) in [5, 5.41) is 5.38. The summed E-state index contributed by atoms with van der Waals surface area (Å²) in [7, 11) is 0. The van der Waals surface area contributed by atoms with Crippen molar-refractivity contribution in [2.75, 3.05) is 5.32 Å². The Balaban J connectivity index is 1.63. The van der Waals surface area contributed by atoms with Gasteiger partial charge < -0.3 is 10.1 Å². The third-order valence-corrected chi connectivity index (χ3v) is 5.05. The lowest BCUT2D eigenvalue weighted by Crippen LogP contribution is -2.02. The van der Waals surface area contributed by atoms with E-state index in [9.17, 15) is 0 Å². The smallest absolute Gasteiger partial charge is 0.120 e. The second-order valence-electron chi connectivity index (χ2n) is 5.94. The van der Waals surface area contributed by atoms with Crippen LogP contribution in [0.4, 0.5) is 5.69 Å². The van der Waals surface area contributed by atoms with Gasteiger partial charge in [-0.25, -0.2) is 0 Å². The van der Waals surface area contributed by atoms with Gasteiger partial charge in [-0.15, -0.1) is 0 Å². The van der Waals surface area contributed by atoms with Crippen LogP contribution in [-0.2, 0) is 13.2 Å². The van der Waals surface area contributed by atoms with Crippen LogP contribution < -0.4 is 10.1 Å². The molecule has 1 N–H and O–H groups in total. The Bertz CT molecular complexity index is 912. The van der Waals surface area contributed by atoms with Crippen molar-refractivity contribution in [3.8, 4) is 5.75 Å². The van der Waals surface area contributed by atoms with E-state index in [4.69, 9.17) is 39.5 Å². The molecule has 2 nitrogen and oxygen atoms in total. The Kier molecular flexibility index (Phi) is 6.31. The van der Waals surface area contributed by atoms with E-state index in [2.05, 4.69) is 11.4 Å². The third-order valence-electron chi connectivity index (χ3n) is 4.06. The number of anilines is 1. The molecule has 3 rings (SSSR count). The molecule has 3 aromatic carbocycles. The van der Waals surface area contributed by atoms with Crippen molar-refractivity contribution in [3.63, 3.8) is 0 Å². The highest BCUT2D eigenvalue weighted by Gasteiger charge is 2.05. The second kappa shape index (κ2) is 8.68. The Hall–Kier alpha value is -1.87. The quantitative estimate of drug-likeness (QED) is 0.469. The van der Waals surface area contributed by atoms with Crippen LogP contribution in [0, 0.1) is 6.92 Å². The van der Waals surface area contributed by atoms with Crippen LogP contribution in [0.15, 0.2) is 60.7 Å². The molecule has 0 aliphatic carbocycles. The summed E-state index contributed by atoms with van der Waals surface area (Å²) in [5.41, 5.74) is 4.08. The van der Waals surface area contributed by atoms with Crippen LogP contribution in [0.3, 0.4) is 0 Å². The molecule has 0 spiro atoms. The van der Waals surface area contributed by atoms with Crippen LogP contribution in [-0.4, -0.2) is 0 Å². The third kappa shape index (κ3) is 4.85. The molecule has 0 atom stereocenters. The molecule has 134 valence electrons. The molecular formula is C21H18Cl3NO. The molecule has 0 aliphatic rings. The number of benzene rings is 3. The van der Waals surface area contributed by atoms with Crippen LogP contribution in [0.2, 0.25) is 15.1 Å². The van der Waals surface area contributed by atoms with Crippen LogP contribution in [0.5, 0.6) is 5.75 Å². The molecule has 26 heavy (non-hydrogen) atoms. The molecule has 0 fully saturated rings. The number of halogens is 3. The SMILES string of the molecule is Cc1c(Cl)cccc1NCc1cccc(OCc2ccc(Cl)cc2Cl)c1. The molecular weight excluding hydrogens is 389 g/mol. The maximum atomic E-state index is 6.19. The highest BCUT2D eigenvalue weighted by molar-refractivity contribution is 6.35. The largest absolute Gasteiger partial charge is 0.489 e. The summed E-state index contributed by atoms with van der Waals surface area (Å²) in [4.78, 5) is 0. The Morgan fingerprint density at radius 1 is 0.885 bits per heavy atom. The lowest BCUT2D eigenvalue weighted by atomic mass is 10.1. The predicted molar refractivity (Wildman–Crippen MR) is 111 cm³/mol. The van der Waals surface area contributed by atoms with Gasteiger partial charge in [-0.3, -0.25) is 0 Å². The van der Waals surface area contributed by atoms with Crippen molar-refractivity contribution in [1.82, 2.24) is 0 Å². The Morgan fingerprint density at radius 3 is 2.50 bits per heavy atom. The van der Waals surface area contributed by atoms with E-state index in [0.29, 0.717) is 23.2 Å². The molecule has 5 heteroatoms. The first-order valence-electron chi connectivity index (χ1n) is 8.17. The molecule has 0 heterocycles. The summed E-state index contributed by atoms with van der Waals surface area (Å²) in [6, 6.07) is 19.2. The van der Waals surface area contributed by atoms with E-state index < -0.39 is 0 Å². The molecule has 0 aliphatic heterocycles. The van der Waals surface area contributed by atoms with Gasteiger partial charge in [0.05, 0.1) is 0 Å². The summed E-state index contributed by atoms with van der Waals surface area (Å²) in [5.74, 6) is 0.790. The zero-order chi connectivity index (χ0) is 18.5. The number of nitrogens with one attached hydrogen (secondary N) is 1. The number of rotatable bonds is 6. The summed E-state index contributed by atoms with van der Waals surface area (Å²) in [6.45, 7) is 3.07. The average Bonchev–Trinajstić information content (AvgIpc) is 2.63. The zero-order valence-electron chi connectivity index (χ0n) is 14.2. The van der Waals surface area contributed by atoms with Gasteiger partial charge in [-0.05, 0) is 54.4 Å². The van der Waals surface area contributed by atoms with Crippen LogP contribution >= 0.6 is 34.8 Å². The highest BCUT2D eigenvalue weighted by Crippen LogP contribution is 2.25. The summed E-state index contributed by atoms with van der Waals surface area (Å²) in [6.07, 6.45) is 0. The number of hydrogen-bond donors (Lipinski definition) is 1. The molecule has 0 amide bonds. The molecule has 0 saturated carbocycles. The van der Waals surface area contributed by atoms with E-state index in [0.717, 1.165) is 33.1 Å². The second-order valence-corrected chi connectivity index (χ2v) is 7.19. The van der Waals surface area contributed by atoms with Crippen molar-refractivity contribution in [2.45, 2.75) is 20.1 Å². The van der Waals surface area contributed by atoms with Crippen molar-refractivity contribution in [2.24, 2.45) is 0 Å². The minimum absolute atomic E-state index is 0.389. The predicted octanol–water partition coefficient (Wildman–Crippen LogP) is 7.15. The monoisotopic (exact) mass is 405 g/mol. The first-order valence-corrected chi connectivity index (χ1v) is 9.31. The first-order chi connectivity index (χ1) is 12.5. The molecule has 0 unspecified atom stereocenters. The van der Waals surface area contributed by atoms with Gasteiger partial charge in [0.15, 0.2) is 0 Å². The van der Waals surface area contributed by atoms with E-state index >= 15 is 0 Å². The molecule has 0 radical (unpaired) electrons. The Labute approximate surface area is 168 Å². The van der Waals surface area contributed by atoms with E-state index in [1.165, 1.54) is 0 Å². The molecule has 3 aromatic rings. The number of hydrogen-bond acceptors (Lipinski definition) is 2. The highest BCUT2D eigenvalue weighted by atomic mass is 35.5. The fraction of sp³-hybridized carbons (Fsp3) is 0.143. The van der Waals surface area contributed by atoms with Crippen molar-refractivity contribution >= 4 is 40.5 Å². The van der Waals surface area contributed by atoms with Gasteiger partial charge in [0.1, 0.15) is 12.4 Å². The van der Waals surface area contributed by atoms with Gasteiger partial charge in [-0.2, -0.15) is 0 Å². The normalized spacial score (nSPS) is 10.6. The maximum Gasteiger partial charge on any atom is 0.120 e. The lowest BCUT2D eigenvalue weighted by Gasteiger charge is -2.12. The number of ether oxygens (including phenoxy) is 1. The standard InChI is InChI=1S/C21H18Cl3NO/c1-14-19(23)6-3-7-21(14)25-12-15-4-2-5-18(10-15)26-13-16-8-9-17(22)11-20(16)24/h2-11,25H,12-13H2,1H3. The zero-order valence-corrected chi connectivity index (χ0v) is 16.5. The average molecular weight is 407 g/mol. The van der Waals surface area contributed by atoms with Crippen LogP contribution in [0.1, 0.15) is 16.7 Å².